The molecule has 3 aromatic rings. The van der Waals surface area contributed by atoms with Crippen molar-refractivity contribution < 1.29 is 0 Å². The Morgan fingerprint density at radius 3 is 2.79 bits per heavy atom. The molecule has 0 radical (unpaired) electrons. The number of aromatic amines is 2. The third kappa shape index (κ3) is 2.68. The minimum absolute atomic E-state index is 0.185. The smallest absolute Gasteiger partial charge is 0.323 e. The van der Waals surface area contributed by atoms with Gasteiger partial charge in [0.25, 0.3) is 0 Å². The number of aromatic nitrogens is 3. The van der Waals surface area contributed by atoms with Gasteiger partial charge < -0.3 is 15.3 Å². The SMILES string of the molecule is O=c1[nH]c2ccc(CNc3ccc(Br)cn3)cc2[nH]1. The topological polar surface area (TPSA) is 73.6 Å². The second kappa shape index (κ2) is 4.89. The number of hydrogen-bond acceptors (Lipinski definition) is 3. The van der Waals surface area contributed by atoms with Crippen molar-refractivity contribution >= 4 is 32.8 Å². The van der Waals surface area contributed by atoms with Crippen LogP contribution < -0.4 is 11.0 Å². The highest BCUT2D eigenvalue weighted by molar-refractivity contribution is 9.10. The van der Waals surface area contributed by atoms with Crippen molar-refractivity contribution in [1.82, 2.24) is 15.0 Å². The lowest BCUT2D eigenvalue weighted by atomic mass is 10.2. The number of fused-ring (bicyclic) bond motifs is 1. The standard InChI is InChI=1S/C13H11BrN4O/c14-9-2-4-12(16-7-9)15-6-8-1-3-10-11(5-8)18-13(19)17-10/h1-5,7H,6H2,(H,15,16)(H2,17,18,19). The average molecular weight is 319 g/mol. The molecule has 3 N–H and O–H groups in total. The van der Waals surface area contributed by atoms with Gasteiger partial charge >= 0.3 is 5.69 Å². The van der Waals surface area contributed by atoms with E-state index in [1.807, 2.05) is 30.3 Å². The number of imidazole rings is 1. The van der Waals surface area contributed by atoms with Crippen LogP contribution in [0, 0.1) is 0 Å². The first-order chi connectivity index (χ1) is 9.20. The summed E-state index contributed by atoms with van der Waals surface area (Å²) in [6.07, 6.45) is 1.75. The van der Waals surface area contributed by atoms with E-state index in [1.165, 1.54) is 0 Å². The molecule has 0 aliphatic heterocycles. The zero-order valence-corrected chi connectivity index (χ0v) is 11.5. The van der Waals surface area contributed by atoms with Gasteiger partial charge in [-0.05, 0) is 45.8 Å². The molecule has 0 saturated carbocycles. The summed E-state index contributed by atoms with van der Waals surface area (Å²) in [6.45, 7) is 0.651. The lowest BCUT2D eigenvalue weighted by Gasteiger charge is -2.05. The van der Waals surface area contributed by atoms with E-state index in [0.29, 0.717) is 6.54 Å². The lowest BCUT2D eigenvalue weighted by Crippen LogP contribution is -2.01. The maximum atomic E-state index is 11.2. The number of H-pyrrole nitrogens is 2. The van der Waals surface area contributed by atoms with Gasteiger partial charge in [-0.1, -0.05) is 6.07 Å². The van der Waals surface area contributed by atoms with Crippen LogP contribution in [0.1, 0.15) is 5.56 Å². The van der Waals surface area contributed by atoms with Crippen molar-refractivity contribution in [2.24, 2.45) is 0 Å². The largest absolute Gasteiger partial charge is 0.366 e. The van der Waals surface area contributed by atoms with Crippen LogP contribution in [0.3, 0.4) is 0 Å². The fraction of sp³-hybridized carbons (Fsp3) is 0.0769. The molecule has 0 atom stereocenters. The van der Waals surface area contributed by atoms with Gasteiger partial charge in [0.15, 0.2) is 0 Å². The predicted molar refractivity (Wildman–Crippen MR) is 78.2 cm³/mol. The van der Waals surface area contributed by atoms with E-state index in [-0.39, 0.29) is 5.69 Å². The summed E-state index contributed by atoms with van der Waals surface area (Å²) in [5, 5.41) is 3.23. The van der Waals surface area contributed by atoms with Gasteiger partial charge in [-0.2, -0.15) is 0 Å². The van der Waals surface area contributed by atoms with Crippen LogP contribution in [0.15, 0.2) is 45.8 Å². The molecule has 0 unspecified atom stereocenters. The van der Waals surface area contributed by atoms with E-state index in [0.717, 1.165) is 26.9 Å². The quantitative estimate of drug-likeness (QED) is 0.695. The molecule has 0 aliphatic carbocycles. The monoisotopic (exact) mass is 318 g/mol. The van der Waals surface area contributed by atoms with E-state index in [4.69, 9.17) is 0 Å². The normalized spacial score (nSPS) is 10.8. The van der Waals surface area contributed by atoms with Crippen molar-refractivity contribution in [3.63, 3.8) is 0 Å². The van der Waals surface area contributed by atoms with Crippen molar-refractivity contribution in [3.05, 3.63) is 57.0 Å². The van der Waals surface area contributed by atoms with Crippen LogP contribution in [-0.2, 0) is 6.54 Å². The molecule has 0 amide bonds. The van der Waals surface area contributed by atoms with E-state index >= 15 is 0 Å². The number of pyridine rings is 1. The third-order valence-electron chi connectivity index (χ3n) is 2.78. The number of halogens is 1. The summed E-state index contributed by atoms with van der Waals surface area (Å²) in [6, 6.07) is 9.64. The molecule has 0 bridgehead atoms. The second-order valence-electron chi connectivity index (χ2n) is 4.17. The Morgan fingerprint density at radius 2 is 2.00 bits per heavy atom. The fourth-order valence-electron chi connectivity index (χ4n) is 1.86. The van der Waals surface area contributed by atoms with E-state index in [1.54, 1.807) is 6.20 Å². The van der Waals surface area contributed by atoms with E-state index in [9.17, 15) is 4.79 Å². The third-order valence-corrected chi connectivity index (χ3v) is 3.25. The predicted octanol–water partition coefficient (Wildman–Crippen LogP) is 2.63. The van der Waals surface area contributed by atoms with Gasteiger partial charge in [-0.25, -0.2) is 9.78 Å². The highest BCUT2D eigenvalue weighted by atomic mass is 79.9. The van der Waals surface area contributed by atoms with Crippen LogP contribution in [0.25, 0.3) is 11.0 Å². The molecule has 5 nitrogen and oxygen atoms in total. The number of anilines is 1. The molecule has 3 rings (SSSR count). The second-order valence-corrected chi connectivity index (χ2v) is 5.09. The zero-order chi connectivity index (χ0) is 13.2. The molecule has 2 heterocycles. The van der Waals surface area contributed by atoms with Crippen LogP contribution >= 0.6 is 15.9 Å². The molecule has 0 fully saturated rings. The maximum Gasteiger partial charge on any atom is 0.323 e. The van der Waals surface area contributed by atoms with Crippen LogP contribution in [0.4, 0.5) is 5.82 Å². The Kier molecular flexibility index (Phi) is 3.08. The molecule has 0 saturated heterocycles. The molecule has 1 aromatic carbocycles. The lowest BCUT2D eigenvalue weighted by molar-refractivity contribution is 1.11. The first kappa shape index (κ1) is 12.0. The van der Waals surface area contributed by atoms with Gasteiger partial charge in [0.2, 0.25) is 0 Å². The van der Waals surface area contributed by atoms with Crippen molar-refractivity contribution in [2.45, 2.75) is 6.54 Å². The zero-order valence-electron chi connectivity index (χ0n) is 9.90. The number of benzene rings is 1. The van der Waals surface area contributed by atoms with Crippen LogP contribution in [0.5, 0.6) is 0 Å². The summed E-state index contributed by atoms with van der Waals surface area (Å²) in [7, 11) is 0. The van der Waals surface area contributed by atoms with Gasteiger partial charge in [0.1, 0.15) is 5.82 Å². The van der Waals surface area contributed by atoms with Crippen LogP contribution in [-0.4, -0.2) is 15.0 Å². The van der Waals surface area contributed by atoms with Gasteiger partial charge in [0.05, 0.1) is 11.0 Å². The first-order valence-electron chi connectivity index (χ1n) is 5.77. The average Bonchev–Trinajstić information content (AvgIpc) is 2.77. The maximum absolute atomic E-state index is 11.2. The van der Waals surface area contributed by atoms with Crippen molar-refractivity contribution in [2.75, 3.05) is 5.32 Å². The number of nitrogens with zero attached hydrogens (tertiary/aromatic N) is 1. The Morgan fingerprint density at radius 1 is 1.16 bits per heavy atom. The number of hydrogen-bond donors (Lipinski definition) is 3. The number of nitrogens with one attached hydrogen (secondary N) is 3. The summed E-state index contributed by atoms with van der Waals surface area (Å²) in [4.78, 5) is 20.9. The van der Waals surface area contributed by atoms with Gasteiger partial charge in [-0.3, -0.25) is 0 Å². The highest BCUT2D eigenvalue weighted by Gasteiger charge is 2.00. The Labute approximate surface area is 117 Å². The highest BCUT2D eigenvalue weighted by Crippen LogP contribution is 2.13. The molecular formula is C13H11BrN4O. The van der Waals surface area contributed by atoms with Gasteiger partial charge in [-0.15, -0.1) is 0 Å². The Bertz CT molecular complexity index is 760. The Balaban J connectivity index is 1.77. The molecule has 19 heavy (non-hydrogen) atoms. The van der Waals surface area contributed by atoms with Crippen molar-refractivity contribution in [3.8, 4) is 0 Å². The molecule has 0 spiro atoms. The minimum Gasteiger partial charge on any atom is -0.366 e. The first-order valence-corrected chi connectivity index (χ1v) is 6.56. The molecule has 0 aliphatic rings. The van der Waals surface area contributed by atoms with Gasteiger partial charge in [0, 0.05) is 17.2 Å². The van der Waals surface area contributed by atoms with E-state index in [2.05, 4.69) is 36.2 Å². The molecular weight excluding hydrogens is 308 g/mol. The van der Waals surface area contributed by atoms with Crippen LogP contribution in [0.2, 0.25) is 0 Å². The minimum atomic E-state index is -0.185. The van der Waals surface area contributed by atoms with Crippen molar-refractivity contribution in [1.29, 1.82) is 0 Å². The summed E-state index contributed by atoms with van der Waals surface area (Å²) >= 11 is 3.34. The number of rotatable bonds is 3. The van der Waals surface area contributed by atoms with E-state index < -0.39 is 0 Å². The summed E-state index contributed by atoms with van der Waals surface area (Å²) in [5.74, 6) is 0.811. The summed E-state index contributed by atoms with van der Waals surface area (Å²) in [5.41, 5.74) is 2.52. The fourth-order valence-corrected chi connectivity index (χ4v) is 2.10. The summed E-state index contributed by atoms with van der Waals surface area (Å²) < 4.78 is 0.948. The Hall–Kier alpha value is -2.08. The molecule has 6 heteroatoms. The molecule has 96 valence electrons. The molecule has 2 aromatic heterocycles.